The molecular weight excluding hydrogens is 327 g/mol. The number of carboxylic acids is 1. The Morgan fingerprint density at radius 2 is 1.65 bits per heavy atom. The first kappa shape index (κ1) is 16.9. The molecule has 2 amide bonds. The predicted molar refractivity (Wildman–Crippen MR) is 79.9 cm³/mol. The predicted octanol–water partition coefficient (Wildman–Crippen LogP) is 3.88. The molecule has 0 saturated carbocycles. The van der Waals surface area contributed by atoms with Crippen molar-refractivity contribution in [3.05, 3.63) is 27.2 Å². The minimum Gasteiger partial charge on any atom is -0.480 e. The highest BCUT2D eigenvalue weighted by molar-refractivity contribution is 6.44. The third kappa shape index (κ3) is 4.44. The third-order valence-electron chi connectivity index (χ3n) is 2.48. The molecular formula is C12H13Cl3N2O3. The Bertz CT molecular complexity index is 535. The number of carbonyl (C=O) groups excluding carboxylic acids is 1. The highest BCUT2D eigenvalue weighted by atomic mass is 35.5. The molecule has 0 saturated heterocycles. The van der Waals surface area contributed by atoms with Gasteiger partial charge < -0.3 is 15.7 Å². The topological polar surface area (TPSA) is 78.4 Å². The summed E-state index contributed by atoms with van der Waals surface area (Å²) in [5.74, 6) is -1.38. The molecule has 0 fully saturated rings. The van der Waals surface area contributed by atoms with Crippen molar-refractivity contribution in [1.82, 2.24) is 5.32 Å². The zero-order valence-electron chi connectivity index (χ0n) is 10.7. The van der Waals surface area contributed by atoms with Crippen LogP contribution in [0.4, 0.5) is 10.5 Å². The number of carboxylic acid groups (broad SMARTS) is 1. The number of hydrogen-bond donors (Lipinski definition) is 3. The summed E-state index contributed by atoms with van der Waals surface area (Å²) in [6.07, 6.45) is 0. The average molecular weight is 340 g/mol. The second-order valence-electron chi connectivity index (χ2n) is 4.40. The summed E-state index contributed by atoms with van der Waals surface area (Å²) in [6.45, 7) is 3.37. The molecule has 1 aromatic carbocycles. The molecule has 0 spiro atoms. The van der Waals surface area contributed by atoms with E-state index in [2.05, 4.69) is 10.6 Å². The van der Waals surface area contributed by atoms with Crippen LogP contribution in [0.1, 0.15) is 13.8 Å². The Labute approximate surface area is 131 Å². The molecule has 0 radical (unpaired) electrons. The van der Waals surface area contributed by atoms with Crippen LogP contribution >= 0.6 is 34.8 Å². The van der Waals surface area contributed by atoms with Crippen LogP contribution < -0.4 is 10.6 Å². The number of urea groups is 1. The van der Waals surface area contributed by atoms with Gasteiger partial charge in [-0.05, 0) is 18.1 Å². The summed E-state index contributed by atoms with van der Waals surface area (Å²) >= 11 is 17.5. The number of amides is 2. The SMILES string of the molecule is CC(C)[C@H](NC(=O)Nc1cc(Cl)c(Cl)cc1Cl)C(=O)O. The summed E-state index contributed by atoms with van der Waals surface area (Å²) in [5.41, 5.74) is 0.242. The van der Waals surface area contributed by atoms with Gasteiger partial charge in [0.1, 0.15) is 6.04 Å². The van der Waals surface area contributed by atoms with Gasteiger partial charge in [0.25, 0.3) is 0 Å². The fourth-order valence-corrected chi connectivity index (χ4v) is 2.03. The number of benzene rings is 1. The molecule has 1 atom stereocenters. The van der Waals surface area contributed by atoms with Crippen molar-refractivity contribution in [3.63, 3.8) is 0 Å². The molecule has 0 aliphatic heterocycles. The maximum Gasteiger partial charge on any atom is 0.326 e. The molecule has 5 nitrogen and oxygen atoms in total. The van der Waals surface area contributed by atoms with Crippen molar-refractivity contribution in [2.24, 2.45) is 5.92 Å². The van der Waals surface area contributed by atoms with Crippen LogP contribution in [0.5, 0.6) is 0 Å². The van der Waals surface area contributed by atoms with E-state index in [-0.39, 0.29) is 26.7 Å². The molecule has 0 aromatic heterocycles. The first-order chi connectivity index (χ1) is 9.22. The van der Waals surface area contributed by atoms with Gasteiger partial charge in [-0.1, -0.05) is 48.7 Å². The van der Waals surface area contributed by atoms with E-state index < -0.39 is 18.0 Å². The Kier molecular flexibility index (Phi) is 5.92. The van der Waals surface area contributed by atoms with Gasteiger partial charge in [0, 0.05) is 0 Å². The Morgan fingerprint density at radius 3 is 2.15 bits per heavy atom. The molecule has 3 N–H and O–H groups in total. The molecule has 0 aliphatic carbocycles. The van der Waals surface area contributed by atoms with Crippen molar-refractivity contribution in [2.45, 2.75) is 19.9 Å². The summed E-state index contributed by atoms with van der Waals surface area (Å²) in [5, 5.41) is 14.4. The standard InChI is InChI=1S/C12H13Cl3N2O3/c1-5(2)10(11(18)19)17-12(20)16-9-4-7(14)6(13)3-8(9)15/h3-5,10H,1-2H3,(H,18,19)(H2,16,17,20)/t10-/m0/s1. The monoisotopic (exact) mass is 338 g/mol. The molecule has 0 aliphatic rings. The van der Waals surface area contributed by atoms with Crippen LogP contribution in [0, 0.1) is 5.92 Å². The van der Waals surface area contributed by atoms with Crippen molar-refractivity contribution >= 4 is 52.5 Å². The lowest BCUT2D eigenvalue weighted by Crippen LogP contribution is -2.46. The van der Waals surface area contributed by atoms with Gasteiger partial charge in [-0.25, -0.2) is 9.59 Å². The van der Waals surface area contributed by atoms with Gasteiger partial charge in [0.05, 0.1) is 20.8 Å². The van der Waals surface area contributed by atoms with Crippen molar-refractivity contribution in [1.29, 1.82) is 0 Å². The second kappa shape index (κ2) is 7.02. The number of anilines is 1. The van der Waals surface area contributed by atoms with E-state index in [9.17, 15) is 9.59 Å². The summed E-state index contributed by atoms with van der Waals surface area (Å²) in [6, 6.07) is 1.08. The zero-order valence-corrected chi connectivity index (χ0v) is 13.0. The number of rotatable bonds is 4. The smallest absolute Gasteiger partial charge is 0.326 e. The molecule has 1 rings (SSSR count). The third-order valence-corrected chi connectivity index (χ3v) is 3.51. The molecule has 0 unspecified atom stereocenters. The fourth-order valence-electron chi connectivity index (χ4n) is 1.43. The highest BCUT2D eigenvalue weighted by Gasteiger charge is 2.23. The van der Waals surface area contributed by atoms with E-state index in [0.717, 1.165) is 0 Å². The number of hydrogen-bond acceptors (Lipinski definition) is 2. The summed E-state index contributed by atoms with van der Waals surface area (Å²) < 4.78 is 0. The zero-order chi connectivity index (χ0) is 15.4. The quantitative estimate of drug-likeness (QED) is 0.728. The van der Waals surface area contributed by atoms with Gasteiger partial charge in [0.2, 0.25) is 0 Å². The Balaban J connectivity index is 2.81. The molecule has 1 aromatic rings. The van der Waals surface area contributed by atoms with Crippen LogP contribution in [0.2, 0.25) is 15.1 Å². The fraction of sp³-hybridized carbons (Fsp3) is 0.333. The summed E-state index contributed by atoms with van der Waals surface area (Å²) in [4.78, 5) is 22.7. The van der Waals surface area contributed by atoms with Gasteiger partial charge in [-0.2, -0.15) is 0 Å². The van der Waals surface area contributed by atoms with E-state index >= 15 is 0 Å². The van der Waals surface area contributed by atoms with E-state index in [0.29, 0.717) is 0 Å². The lowest BCUT2D eigenvalue weighted by molar-refractivity contribution is -0.140. The van der Waals surface area contributed by atoms with Crippen molar-refractivity contribution in [2.75, 3.05) is 5.32 Å². The number of aliphatic carboxylic acids is 1. The summed E-state index contributed by atoms with van der Waals surface area (Å²) in [7, 11) is 0. The maximum absolute atomic E-state index is 11.8. The van der Waals surface area contributed by atoms with Gasteiger partial charge in [0.15, 0.2) is 0 Å². The lowest BCUT2D eigenvalue weighted by Gasteiger charge is -2.18. The molecule has 0 heterocycles. The number of carbonyl (C=O) groups is 2. The maximum atomic E-state index is 11.8. The van der Waals surface area contributed by atoms with Crippen molar-refractivity contribution in [3.8, 4) is 0 Å². The van der Waals surface area contributed by atoms with Gasteiger partial charge >= 0.3 is 12.0 Å². The molecule has 0 bridgehead atoms. The lowest BCUT2D eigenvalue weighted by atomic mass is 10.1. The van der Waals surface area contributed by atoms with Crippen molar-refractivity contribution < 1.29 is 14.7 Å². The van der Waals surface area contributed by atoms with E-state index in [1.54, 1.807) is 13.8 Å². The van der Waals surface area contributed by atoms with E-state index in [1.807, 2.05) is 0 Å². The molecule has 8 heteroatoms. The Morgan fingerprint density at radius 1 is 1.10 bits per heavy atom. The van der Waals surface area contributed by atoms with Crippen LogP contribution in [-0.4, -0.2) is 23.1 Å². The minimum atomic E-state index is -1.12. The largest absolute Gasteiger partial charge is 0.480 e. The number of nitrogens with one attached hydrogen (secondary N) is 2. The van der Waals surface area contributed by atoms with E-state index in [4.69, 9.17) is 39.9 Å². The Hall–Kier alpha value is -1.17. The molecule has 20 heavy (non-hydrogen) atoms. The van der Waals surface area contributed by atoms with E-state index in [1.165, 1.54) is 12.1 Å². The van der Waals surface area contributed by atoms with Crippen LogP contribution in [0.3, 0.4) is 0 Å². The average Bonchev–Trinajstić information content (AvgIpc) is 2.32. The first-order valence-corrected chi connectivity index (χ1v) is 6.80. The molecule has 110 valence electrons. The number of halogens is 3. The minimum absolute atomic E-state index is 0.200. The van der Waals surface area contributed by atoms with Crippen LogP contribution in [-0.2, 0) is 4.79 Å². The van der Waals surface area contributed by atoms with Gasteiger partial charge in [-0.15, -0.1) is 0 Å². The van der Waals surface area contributed by atoms with Crippen LogP contribution in [0.15, 0.2) is 12.1 Å². The highest BCUT2D eigenvalue weighted by Crippen LogP contribution is 2.32. The van der Waals surface area contributed by atoms with Crippen LogP contribution in [0.25, 0.3) is 0 Å². The van der Waals surface area contributed by atoms with Gasteiger partial charge in [-0.3, -0.25) is 0 Å². The second-order valence-corrected chi connectivity index (χ2v) is 5.63. The normalized spacial score (nSPS) is 12.1. The first-order valence-electron chi connectivity index (χ1n) is 5.67.